The number of aromatic nitrogens is 6. The molecule has 3 aromatic rings. The van der Waals surface area contributed by atoms with Crippen molar-refractivity contribution in [3.05, 3.63) is 52.6 Å². The number of aryl methyl sites for hydroxylation is 2. The van der Waals surface area contributed by atoms with Crippen molar-refractivity contribution in [2.24, 2.45) is 0 Å². The zero-order chi connectivity index (χ0) is 17.8. The molecule has 7 heteroatoms. The number of imidazole rings is 1. The minimum Gasteiger partial charge on any atom is -0.364 e. The van der Waals surface area contributed by atoms with Crippen LogP contribution in [-0.4, -0.2) is 29.5 Å². The van der Waals surface area contributed by atoms with Crippen LogP contribution in [0.25, 0.3) is 0 Å². The molecule has 0 amide bonds. The lowest BCUT2D eigenvalue weighted by Crippen LogP contribution is -2.25. The Morgan fingerprint density at radius 3 is 3.07 bits per heavy atom. The van der Waals surface area contributed by atoms with Gasteiger partial charge in [0.25, 0.3) is 0 Å². The van der Waals surface area contributed by atoms with Crippen LogP contribution in [0.5, 0.6) is 0 Å². The summed E-state index contributed by atoms with van der Waals surface area (Å²) in [5.41, 5.74) is 7.58. The van der Waals surface area contributed by atoms with Crippen LogP contribution in [0, 0.1) is 0 Å². The van der Waals surface area contributed by atoms with Crippen LogP contribution < -0.4 is 0 Å². The molecule has 6 rings (SSSR count). The van der Waals surface area contributed by atoms with Gasteiger partial charge in [0.15, 0.2) is 0 Å². The predicted octanol–water partition coefficient (Wildman–Crippen LogP) is 2.68. The molecule has 0 spiro atoms. The summed E-state index contributed by atoms with van der Waals surface area (Å²) in [5.74, 6) is 0.423. The van der Waals surface area contributed by atoms with Crippen molar-refractivity contribution >= 4 is 0 Å². The molecule has 2 unspecified atom stereocenters. The van der Waals surface area contributed by atoms with Crippen LogP contribution in [0.1, 0.15) is 65.3 Å². The third kappa shape index (κ3) is 2.48. The van der Waals surface area contributed by atoms with E-state index in [9.17, 15) is 0 Å². The number of ether oxygens (including phenoxy) is 1. The predicted molar refractivity (Wildman–Crippen MR) is 98.3 cm³/mol. The third-order valence-electron chi connectivity index (χ3n) is 6.49. The number of aromatic amines is 1. The molecule has 27 heavy (non-hydrogen) atoms. The lowest BCUT2D eigenvalue weighted by atomic mass is 9.93. The van der Waals surface area contributed by atoms with E-state index in [1.807, 2.05) is 12.5 Å². The maximum Gasteiger partial charge on any atom is 0.120 e. The maximum absolute atomic E-state index is 6.29. The number of nitrogens with zero attached hydrogens (tertiary/aromatic N) is 5. The van der Waals surface area contributed by atoms with Crippen molar-refractivity contribution in [2.45, 2.75) is 70.2 Å². The number of hydrogen-bond donors (Lipinski definition) is 1. The molecule has 0 aromatic carbocycles. The summed E-state index contributed by atoms with van der Waals surface area (Å²) in [7, 11) is 0. The second kappa shape index (κ2) is 6.05. The number of fused-ring (bicyclic) bond motifs is 3. The molecule has 3 aromatic heterocycles. The van der Waals surface area contributed by atoms with Gasteiger partial charge >= 0.3 is 0 Å². The van der Waals surface area contributed by atoms with Gasteiger partial charge in [-0.15, -0.1) is 0 Å². The summed E-state index contributed by atoms with van der Waals surface area (Å²) >= 11 is 0. The molecule has 0 saturated carbocycles. The fraction of sp³-hybridized carbons (Fsp3) is 0.550. The first-order valence-electron chi connectivity index (χ1n) is 10.1. The monoisotopic (exact) mass is 364 g/mol. The summed E-state index contributed by atoms with van der Waals surface area (Å²) < 4.78 is 10.7. The van der Waals surface area contributed by atoms with Gasteiger partial charge in [-0.05, 0) is 50.2 Å². The molecular formula is C20H24N6O. The molecule has 0 fully saturated rings. The Morgan fingerprint density at radius 1 is 1.11 bits per heavy atom. The Hall–Kier alpha value is -2.41. The number of hydrogen-bond acceptors (Lipinski definition) is 4. The molecule has 3 aliphatic rings. The standard InChI is InChI=1S/C20H24N6O/c1-2-4-16-15(3-1)20(24-23-16)18-10-25-12-21-19(17(25)11-27-18)13-5-6-14-7-8-22-26(14)9-13/h7-8,12-13,18H,1-6,9-11H2,(H,23,24). The third-order valence-corrected chi connectivity index (χ3v) is 6.49. The number of rotatable bonds is 2. The van der Waals surface area contributed by atoms with Gasteiger partial charge in [-0.3, -0.25) is 9.78 Å². The summed E-state index contributed by atoms with van der Waals surface area (Å²) in [6.45, 7) is 2.34. The van der Waals surface area contributed by atoms with E-state index >= 15 is 0 Å². The van der Waals surface area contributed by atoms with Gasteiger partial charge in [0.2, 0.25) is 0 Å². The molecular weight excluding hydrogens is 340 g/mol. The summed E-state index contributed by atoms with van der Waals surface area (Å²) in [4.78, 5) is 4.80. The summed E-state index contributed by atoms with van der Waals surface area (Å²) in [6.07, 6.45) is 10.9. The van der Waals surface area contributed by atoms with E-state index in [-0.39, 0.29) is 6.10 Å². The van der Waals surface area contributed by atoms with E-state index in [2.05, 4.69) is 30.6 Å². The first-order valence-corrected chi connectivity index (χ1v) is 10.1. The fourth-order valence-electron chi connectivity index (χ4n) is 5.01. The van der Waals surface area contributed by atoms with E-state index in [4.69, 9.17) is 9.72 Å². The number of H-pyrrole nitrogens is 1. The highest BCUT2D eigenvalue weighted by molar-refractivity contribution is 5.30. The quantitative estimate of drug-likeness (QED) is 0.759. The highest BCUT2D eigenvalue weighted by Gasteiger charge is 2.32. The molecule has 0 bridgehead atoms. The normalized spacial score (nSPS) is 24.3. The van der Waals surface area contributed by atoms with Crippen LogP contribution in [0.4, 0.5) is 0 Å². The topological polar surface area (TPSA) is 73.6 Å². The Morgan fingerprint density at radius 2 is 2.07 bits per heavy atom. The van der Waals surface area contributed by atoms with Gasteiger partial charge in [-0.2, -0.15) is 10.2 Å². The largest absolute Gasteiger partial charge is 0.364 e. The van der Waals surface area contributed by atoms with E-state index in [1.165, 1.54) is 41.2 Å². The van der Waals surface area contributed by atoms with Crippen LogP contribution >= 0.6 is 0 Å². The molecule has 0 saturated heterocycles. The molecule has 2 aliphatic heterocycles. The Kier molecular flexibility index (Phi) is 3.50. The first-order chi connectivity index (χ1) is 13.4. The fourth-order valence-corrected chi connectivity index (χ4v) is 5.01. The van der Waals surface area contributed by atoms with E-state index < -0.39 is 0 Å². The maximum atomic E-state index is 6.29. The van der Waals surface area contributed by atoms with Crippen LogP contribution in [0.3, 0.4) is 0 Å². The summed E-state index contributed by atoms with van der Waals surface area (Å²) in [6, 6.07) is 2.12. The molecule has 5 heterocycles. The highest BCUT2D eigenvalue weighted by Crippen LogP contribution is 2.36. The lowest BCUT2D eigenvalue weighted by molar-refractivity contribution is -0.000884. The zero-order valence-corrected chi connectivity index (χ0v) is 15.4. The SMILES string of the molecule is c1cc2n(n1)CC(c1ncn3c1COC(c1n[nH]c4c1CCCC4)C3)CC2. The van der Waals surface area contributed by atoms with Crippen LogP contribution in [0.15, 0.2) is 18.6 Å². The first kappa shape index (κ1) is 15.6. The van der Waals surface area contributed by atoms with Gasteiger partial charge in [0, 0.05) is 30.0 Å². The van der Waals surface area contributed by atoms with E-state index in [0.717, 1.165) is 44.5 Å². The van der Waals surface area contributed by atoms with Crippen molar-refractivity contribution < 1.29 is 4.74 Å². The molecule has 1 N–H and O–H groups in total. The smallest absolute Gasteiger partial charge is 0.120 e. The molecule has 2 atom stereocenters. The van der Waals surface area contributed by atoms with Gasteiger partial charge in [-0.25, -0.2) is 4.98 Å². The molecule has 0 radical (unpaired) electrons. The second-order valence-electron chi connectivity index (χ2n) is 8.04. The Bertz CT molecular complexity index is 983. The van der Waals surface area contributed by atoms with Crippen molar-refractivity contribution in [3.8, 4) is 0 Å². The van der Waals surface area contributed by atoms with E-state index in [1.54, 1.807) is 0 Å². The van der Waals surface area contributed by atoms with Crippen LogP contribution in [0.2, 0.25) is 0 Å². The van der Waals surface area contributed by atoms with Crippen LogP contribution in [-0.2, 0) is 43.7 Å². The molecule has 1 aliphatic carbocycles. The van der Waals surface area contributed by atoms with Crippen molar-refractivity contribution in [1.29, 1.82) is 0 Å². The van der Waals surface area contributed by atoms with Gasteiger partial charge in [0.1, 0.15) is 6.10 Å². The lowest BCUT2D eigenvalue weighted by Gasteiger charge is -2.28. The summed E-state index contributed by atoms with van der Waals surface area (Å²) in [5, 5.41) is 12.3. The Labute approximate surface area is 157 Å². The van der Waals surface area contributed by atoms with Gasteiger partial charge < -0.3 is 9.30 Å². The number of nitrogens with one attached hydrogen (secondary N) is 1. The average molecular weight is 364 g/mol. The van der Waals surface area contributed by atoms with Crippen molar-refractivity contribution in [3.63, 3.8) is 0 Å². The minimum atomic E-state index is 0.0294. The van der Waals surface area contributed by atoms with E-state index in [0.29, 0.717) is 12.5 Å². The highest BCUT2D eigenvalue weighted by atomic mass is 16.5. The Balaban J connectivity index is 1.26. The average Bonchev–Trinajstić information content (AvgIpc) is 3.44. The molecule has 140 valence electrons. The van der Waals surface area contributed by atoms with Crippen molar-refractivity contribution in [2.75, 3.05) is 0 Å². The zero-order valence-electron chi connectivity index (χ0n) is 15.4. The molecule has 7 nitrogen and oxygen atoms in total. The van der Waals surface area contributed by atoms with Gasteiger partial charge in [-0.1, -0.05) is 0 Å². The second-order valence-corrected chi connectivity index (χ2v) is 8.04. The van der Waals surface area contributed by atoms with Gasteiger partial charge in [0.05, 0.1) is 36.6 Å². The van der Waals surface area contributed by atoms with Crippen molar-refractivity contribution in [1.82, 2.24) is 29.5 Å². The minimum absolute atomic E-state index is 0.0294.